The minimum atomic E-state index is 0.378. The first-order valence-electron chi connectivity index (χ1n) is 5.40. The maximum Gasteiger partial charge on any atom is 0.183 e. The van der Waals surface area contributed by atoms with Gasteiger partial charge in [0.25, 0.3) is 0 Å². The van der Waals surface area contributed by atoms with E-state index in [1.165, 1.54) is 18.1 Å². The summed E-state index contributed by atoms with van der Waals surface area (Å²) in [6, 6.07) is 3.61. The van der Waals surface area contributed by atoms with Crippen molar-refractivity contribution in [3.63, 3.8) is 0 Å². The summed E-state index contributed by atoms with van der Waals surface area (Å²) in [6.45, 7) is 0. The summed E-state index contributed by atoms with van der Waals surface area (Å²) in [7, 11) is 1.61. The molecule has 96 valence electrons. The number of nitrogens with one attached hydrogen (secondary N) is 1. The van der Waals surface area contributed by atoms with Crippen LogP contribution in [-0.4, -0.2) is 32.0 Å². The van der Waals surface area contributed by atoms with Gasteiger partial charge in [-0.05, 0) is 17.8 Å². The number of hydrogen-bond donors (Lipinski definition) is 2. The van der Waals surface area contributed by atoms with E-state index >= 15 is 0 Å². The van der Waals surface area contributed by atoms with Crippen LogP contribution in [0.15, 0.2) is 34.8 Å². The molecule has 0 fully saturated rings. The minimum absolute atomic E-state index is 0.378. The number of nitrogens with zero attached hydrogens (tertiary/aromatic N) is 4. The molecule has 3 aromatic rings. The fourth-order valence-corrected chi connectivity index (χ4v) is 2.32. The third-order valence-electron chi connectivity index (χ3n) is 2.44. The third-order valence-corrected chi connectivity index (χ3v) is 3.26. The quantitative estimate of drug-likeness (QED) is 0.745. The van der Waals surface area contributed by atoms with Crippen LogP contribution >= 0.6 is 11.8 Å². The largest absolute Gasteiger partial charge is 0.497 e. The van der Waals surface area contributed by atoms with E-state index in [1.54, 1.807) is 19.4 Å². The molecule has 0 radical (unpaired) electrons. The van der Waals surface area contributed by atoms with E-state index in [4.69, 9.17) is 10.5 Å². The number of nitrogen functional groups attached to an aromatic ring is 1. The smallest absolute Gasteiger partial charge is 0.183 e. The van der Waals surface area contributed by atoms with Crippen LogP contribution < -0.4 is 10.5 Å². The van der Waals surface area contributed by atoms with E-state index in [0.717, 1.165) is 10.8 Å². The van der Waals surface area contributed by atoms with Crippen LogP contribution in [0.25, 0.3) is 11.2 Å². The number of aromatic amines is 1. The van der Waals surface area contributed by atoms with Gasteiger partial charge >= 0.3 is 0 Å². The van der Waals surface area contributed by atoms with Gasteiger partial charge in [-0.2, -0.15) is 0 Å². The van der Waals surface area contributed by atoms with Crippen LogP contribution in [-0.2, 0) is 0 Å². The van der Waals surface area contributed by atoms with Crippen molar-refractivity contribution in [1.82, 2.24) is 24.9 Å². The number of anilines is 1. The van der Waals surface area contributed by atoms with Crippen LogP contribution in [0.5, 0.6) is 5.75 Å². The summed E-state index contributed by atoms with van der Waals surface area (Å²) < 4.78 is 5.14. The standard InChI is InChI=1S/C11H10N6OS/c1-18-6-2-3-13-7(4-6)19-11-16-8-9(12)14-5-15-10(8)17-11/h2-5H,1H3,(H3,12,14,15,16,17). The van der Waals surface area contributed by atoms with Gasteiger partial charge < -0.3 is 15.5 Å². The van der Waals surface area contributed by atoms with Crippen molar-refractivity contribution in [3.8, 4) is 5.75 Å². The monoisotopic (exact) mass is 274 g/mol. The van der Waals surface area contributed by atoms with E-state index in [1.807, 2.05) is 6.07 Å². The Morgan fingerprint density at radius 1 is 1.32 bits per heavy atom. The molecule has 0 saturated carbocycles. The van der Waals surface area contributed by atoms with Gasteiger partial charge in [-0.1, -0.05) is 0 Å². The van der Waals surface area contributed by atoms with E-state index in [2.05, 4.69) is 24.9 Å². The van der Waals surface area contributed by atoms with Crippen molar-refractivity contribution in [2.75, 3.05) is 12.8 Å². The topological polar surface area (TPSA) is 103 Å². The average Bonchev–Trinajstić information content (AvgIpc) is 2.83. The zero-order valence-corrected chi connectivity index (χ0v) is 10.8. The summed E-state index contributed by atoms with van der Waals surface area (Å²) in [5.41, 5.74) is 6.91. The average molecular weight is 274 g/mol. The van der Waals surface area contributed by atoms with Crippen molar-refractivity contribution in [2.24, 2.45) is 0 Å². The lowest BCUT2D eigenvalue weighted by Crippen LogP contribution is -1.91. The lowest BCUT2D eigenvalue weighted by atomic mass is 10.5. The fraction of sp³-hybridized carbons (Fsp3) is 0.0909. The van der Waals surface area contributed by atoms with Crippen LogP contribution in [0.4, 0.5) is 5.82 Å². The first-order chi connectivity index (χ1) is 9.26. The number of pyridine rings is 1. The number of imidazole rings is 1. The van der Waals surface area contributed by atoms with Gasteiger partial charge in [0, 0.05) is 12.3 Å². The van der Waals surface area contributed by atoms with Gasteiger partial charge in [0.05, 0.1) is 7.11 Å². The lowest BCUT2D eigenvalue weighted by molar-refractivity contribution is 0.412. The van der Waals surface area contributed by atoms with Crippen LogP contribution in [0, 0.1) is 0 Å². The second kappa shape index (κ2) is 4.73. The molecule has 0 aliphatic heterocycles. The van der Waals surface area contributed by atoms with E-state index in [9.17, 15) is 0 Å². The molecule has 8 heteroatoms. The SMILES string of the molecule is COc1ccnc(Sc2nc3ncnc(N)c3[nH]2)c1. The van der Waals surface area contributed by atoms with E-state index in [0.29, 0.717) is 22.1 Å². The number of fused-ring (bicyclic) bond motifs is 1. The number of methoxy groups -OCH3 is 1. The maximum absolute atomic E-state index is 5.74. The summed E-state index contributed by atoms with van der Waals surface area (Å²) in [4.78, 5) is 19.6. The molecule has 19 heavy (non-hydrogen) atoms. The molecule has 0 aliphatic carbocycles. The molecule has 0 unspecified atom stereocenters. The molecule has 0 spiro atoms. The number of rotatable bonds is 3. The third kappa shape index (κ3) is 2.29. The molecule has 3 N–H and O–H groups in total. The Bertz CT molecular complexity index is 728. The van der Waals surface area contributed by atoms with Crippen molar-refractivity contribution in [1.29, 1.82) is 0 Å². The highest BCUT2D eigenvalue weighted by atomic mass is 32.2. The molecular weight excluding hydrogens is 264 g/mol. The first-order valence-corrected chi connectivity index (χ1v) is 6.22. The normalized spacial score (nSPS) is 10.8. The van der Waals surface area contributed by atoms with Gasteiger partial charge in [-0.15, -0.1) is 0 Å². The molecule has 0 bridgehead atoms. The highest BCUT2D eigenvalue weighted by Gasteiger charge is 2.09. The minimum Gasteiger partial charge on any atom is -0.497 e. The highest BCUT2D eigenvalue weighted by molar-refractivity contribution is 7.99. The molecule has 3 rings (SSSR count). The van der Waals surface area contributed by atoms with Crippen molar-refractivity contribution in [3.05, 3.63) is 24.7 Å². The Morgan fingerprint density at radius 2 is 2.21 bits per heavy atom. The summed E-state index contributed by atoms with van der Waals surface area (Å²) >= 11 is 1.37. The Morgan fingerprint density at radius 3 is 3.00 bits per heavy atom. The Kier molecular flexibility index (Phi) is 2.92. The molecule has 0 atom stereocenters. The zero-order chi connectivity index (χ0) is 13.2. The van der Waals surface area contributed by atoms with Crippen LogP contribution in [0.1, 0.15) is 0 Å². The summed E-state index contributed by atoms with van der Waals surface area (Å²) in [5.74, 6) is 1.12. The summed E-state index contributed by atoms with van der Waals surface area (Å²) in [5, 5.41) is 1.42. The zero-order valence-electron chi connectivity index (χ0n) is 9.99. The number of aromatic nitrogens is 5. The van der Waals surface area contributed by atoms with Gasteiger partial charge in [-0.3, -0.25) is 0 Å². The predicted octanol–water partition coefficient (Wildman–Crippen LogP) is 1.49. The molecule has 0 amide bonds. The second-order valence-corrected chi connectivity index (χ2v) is 4.64. The van der Waals surface area contributed by atoms with Crippen LogP contribution in [0.2, 0.25) is 0 Å². The first kappa shape index (κ1) is 11.7. The Labute approximate surface area is 112 Å². The second-order valence-electron chi connectivity index (χ2n) is 3.64. The van der Waals surface area contributed by atoms with Crippen molar-refractivity contribution in [2.45, 2.75) is 10.2 Å². The van der Waals surface area contributed by atoms with Gasteiger partial charge in [-0.25, -0.2) is 19.9 Å². The lowest BCUT2D eigenvalue weighted by Gasteiger charge is -2.00. The Hall–Kier alpha value is -2.35. The van der Waals surface area contributed by atoms with Gasteiger partial charge in [0.1, 0.15) is 22.6 Å². The number of H-pyrrole nitrogens is 1. The van der Waals surface area contributed by atoms with Gasteiger partial charge in [0.15, 0.2) is 16.6 Å². The van der Waals surface area contributed by atoms with Crippen molar-refractivity contribution < 1.29 is 4.74 Å². The predicted molar refractivity (Wildman–Crippen MR) is 71.0 cm³/mol. The fourth-order valence-electron chi connectivity index (χ4n) is 1.55. The molecule has 0 saturated heterocycles. The number of ether oxygens (including phenoxy) is 1. The van der Waals surface area contributed by atoms with Crippen LogP contribution in [0.3, 0.4) is 0 Å². The number of hydrogen-bond acceptors (Lipinski definition) is 7. The molecular formula is C11H10N6OS. The number of nitrogens with two attached hydrogens (primary N) is 1. The maximum atomic E-state index is 5.74. The molecule has 0 aliphatic rings. The summed E-state index contributed by atoms with van der Waals surface area (Å²) in [6.07, 6.45) is 3.06. The van der Waals surface area contributed by atoms with E-state index in [-0.39, 0.29) is 0 Å². The van der Waals surface area contributed by atoms with Crippen molar-refractivity contribution >= 4 is 28.7 Å². The Balaban J connectivity index is 1.94. The van der Waals surface area contributed by atoms with E-state index < -0.39 is 0 Å². The van der Waals surface area contributed by atoms with Gasteiger partial charge in [0.2, 0.25) is 0 Å². The molecule has 3 heterocycles. The molecule has 7 nitrogen and oxygen atoms in total. The molecule has 0 aromatic carbocycles. The highest BCUT2D eigenvalue weighted by Crippen LogP contribution is 2.27. The molecule has 3 aromatic heterocycles.